The molecule has 1 aliphatic heterocycles. The maximum Gasteiger partial charge on any atom is 0.241 e. The van der Waals surface area contributed by atoms with E-state index >= 15 is 0 Å². The van der Waals surface area contributed by atoms with E-state index in [0.717, 1.165) is 30.6 Å². The first-order chi connectivity index (χ1) is 9.06. The molecule has 0 spiro atoms. The molecule has 1 heterocycles. The standard InChI is InChI=1S/C14H19N3O2/c1-9-5-6-11(8-13(9)16-10(2)18)17-14(19)12-4-3-7-15-12/h5-6,8,12,15H,3-4,7H2,1-2H3,(H,16,18)(H,17,19). The zero-order chi connectivity index (χ0) is 13.8. The molecule has 2 amide bonds. The number of nitrogens with one attached hydrogen (secondary N) is 3. The fraction of sp³-hybridized carbons (Fsp3) is 0.429. The molecule has 1 saturated heterocycles. The van der Waals surface area contributed by atoms with E-state index in [9.17, 15) is 9.59 Å². The Labute approximate surface area is 112 Å². The van der Waals surface area contributed by atoms with E-state index in [2.05, 4.69) is 16.0 Å². The van der Waals surface area contributed by atoms with E-state index in [4.69, 9.17) is 0 Å². The number of carbonyl (C=O) groups excluding carboxylic acids is 2. The fourth-order valence-corrected chi connectivity index (χ4v) is 2.16. The summed E-state index contributed by atoms with van der Waals surface area (Å²) in [5.74, 6) is -0.140. The van der Waals surface area contributed by atoms with E-state index in [-0.39, 0.29) is 17.9 Å². The van der Waals surface area contributed by atoms with Crippen molar-refractivity contribution in [3.63, 3.8) is 0 Å². The predicted molar refractivity (Wildman–Crippen MR) is 75.1 cm³/mol. The van der Waals surface area contributed by atoms with Gasteiger partial charge in [-0.15, -0.1) is 0 Å². The molecule has 1 aromatic carbocycles. The molecular weight excluding hydrogens is 242 g/mol. The molecule has 5 heteroatoms. The third-order valence-corrected chi connectivity index (χ3v) is 3.19. The predicted octanol–water partition coefficient (Wildman–Crippen LogP) is 1.64. The molecule has 1 unspecified atom stereocenters. The first-order valence-electron chi connectivity index (χ1n) is 6.49. The van der Waals surface area contributed by atoms with Crippen molar-refractivity contribution in [1.82, 2.24) is 5.32 Å². The molecule has 0 aliphatic carbocycles. The number of rotatable bonds is 3. The van der Waals surface area contributed by atoms with Crippen molar-refractivity contribution in [3.8, 4) is 0 Å². The van der Waals surface area contributed by atoms with Crippen molar-refractivity contribution in [2.24, 2.45) is 0 Å². The van der Waals surface area contributed by atoms with E-state index in [1.54, 1.807) is 6.07 Å². The van der Waals surface area contributed by atoms with Crippen LogP contribution < -0.4 is 16.0 Å². The third kappa shape index (κ3) is 3.54. The number of hydrogen-bond acceptors (Lipinski definition) is 3. The van der Waals surface area contributed by atoms with Crippen molar-refractivity contribution in [2.75, 3.05) is 17.2 Å². The topological polar surface area (TPSA) is 70.2 Å². The molecule has 1 fully saturated rings. The number of hydrogen-bond donors (Lipinski definition) is 3. The van der Waals surface area contributed by atoms with Gasteiger partial charge in [-0.25, -0.2) is 0 Å². The van der Waals surface area contributed by atoms with Crippen LogP contribution in [0.1, 0.15) is 25.3 Å². The van der Waals surface area contributed by atoms with Crippen LogP contribution in [0.3, 0.4) is 0 Å². The summed E-state index contributed by atoms with van der Waals surface area (Å²) in [5, 5.41) is 8.78. The Morgan fingerprint density at radius 3 is 2.74 bits per heavy atom. The Kier molecular flexibility index (Phi) is 4.16. The minimum Gasteiger partial charge on any atom is -0.326 e. The SMILES string of the molecule is CC(=O)Nc1cc(NC(=O)C2CCCN2)ccc1C. The van der Waals surface area contributed by atoms with Crippen LogP contribution >= 0.6 is 0 Å². The van der Waals surface area contributed by atoms with Gasteiger partial charge in [-0.2, -0.15) is 0 Å². The van der Waals surface area contributed by atoms with E-state index < -0.39 is 0 Å². The maximum atomic E-state index is 12.0. The number of benzene rings is 1. The van der Waals surface area contributed by atoms with Gasteiger partial charge in [0.15, 0.2) is 0 Å². The van der Waals surface area contributed by atoms with Crippen molar-refractivity contribution in [2.45, 2.75) is 32.7 Å². The molecule has 102 valence electrons. The highest BCUT2D eigenvalue weighted by Gasteiger charge is 2.21. The monoisotopic (exact) mass is 261 g/mol. The van der Waals surface area contributed by atoms with Crippen LogP contribution in [-0.4, -0.2) is 24.4 Å². The van der Waals surface area contributed by atoms with Crippen LogP contribution in [0.15, 0.2) is 18.2 Å². The first-order valence-corrected chi connectivity index (χ1v) is 6.49. The highest BCUT2D eigenvalue weighted by atomic mass is 16.2. The number of amides is 2. The van der Waals surface area contributed by atoms with Gasteiger partial charge in [-0.1, -0.05) is 6.07 Å². The Hall–Kier alpha value is -1.88. The summed E-state index contributed by atoms with van der Waals surface area (Å²) in [6.45, 7) is 4.27. The third-order valence-electron chi connectivity index (χ3n) is 3.19. The summed E-state index contributed by atoms with van der Waals surface area (Å²) in [6.07, 6.45) is 1.90. The summed E-state index contributed by atoms with van der Waals surface area (Å²) in [4.78, 5) is 23.1. The Balaban J connectivity index is 2.07. The van der Waals surface area contributed by atoms with Gasteiger partial charge in [0.25, 0.3) is 0 Å². The van der Waals surface area contributed by atoms with Gasteiger partial charge in [0.2, 0.25) is 11.8 Å². The molecule has 0 bridgehead atoms. The van der Waals surface area contributed by atoms with Gasteiger partial charge in [0, 0.05) is 18.3 Å². The first kappa shape index (κ1) is 13.5. The van der Waals surface area contributed by atoms with Crippen molar-refractivity contribution >= 4 is 23.2 Å². The number of anilines is 2. The van der Waals surface area contributed by atoms with Gasteiger partial charge in [0.1, 0.15) is 0 Å². The number of aryl methyl sites for hydroxylation is 1. The Morgan fingerprint density at radius 1 is 1.32 bits per heavy atom. The zero-order valence-corrected chi connectivity index (χ0v) is 11.2. The van der Waals surface area contributed by atoms with Gasteiger partial charge in [-0.3, -0.25) is 9.59 Å². The van der Waals surface area contributed by atoms with Gasteiger partial charge in [0.05, 0.1) is 6.04 Å². The van der Waals surface area contributed by atoms with E-state index in [1.165, 1.54) is 6.92 Å². The van der Waals surface area contributed by atoms with Crippen LogP contribution in [0.2, 0.25) is 0 Å². The minimum absolute atomic E-state index is 0.0184. The van der Waals surface area contributed by atoms with Gasteiger partial charge in [-0.05, 0) is 44.0 Å². The second kappa shape index (κ2) is 5.84. The van der Waals surface area contributed by atoms with Crippen LogP contribution in [0.25, 0.3) is 0 Å². The van der Waals surface area contributed by atoms with Crippen molar-refractivity contribution < 1.29 is 9.59 Å². The smallest absolute Gasteiger partial charge is 0.241 e. The largest absolute Gasteiger partial charge is 0.326 e. The van der Waals surface area contributed by atoms with E-state index in [0.29, 0.717) is 5.69 Å². The van der Waals surface area contributed by atoms with Crippen LogP contribution in [0, 0.1) is 6.92 Å². The molecule has 1 aromatic rings. The lowest BCUT2D eigenvalue weighted by Crippen LogP contribution is -2.35. The summed E-state index contributed by atoms with van der Waals surface area (Å²) < 4.78 is 0. The molecule has 1 aliphatic rings. The van der Waals surface area contributed by atoms with E-state index in [1.807, 2.05) is 19.1 Å². The molecule has 0 radical (unpaired) electrons. The zero-order valence-electron chi connectivity index (χ0n) is 11.2. The molecule has 5 nitrogen and oxygen atoms in total. The molecule has 1 atom stereocenters. The Bertz CT molecular complexity index is 493. The summed E-state index contributed by atoms with van der Waals surface area (Å²) in [5.41, 5.74) is 2.39. The lowest BCUT2D eigenvalue weighted by Gasteiger charge is -2.13. The lowest BCUT2D eigenvalue weighted by atomic mass is 10.1. The van der Waals surface area contributed by atoms with Gasteiger partial charge < -0.3 is 16.0 Å². The normalized spacial score (nSPS) is 18.1. The second-order valence-corrected chi connectivity index (χ2v) is 4.85. The summed E-state index contributed by atoms with van der Waals surface area (Å²) in [6, 6.07) is 5.39. The average Bonchev–Trinajstić information content (AvgIpc) is 2.86. The molecule has 0 saturated carbocycles. The summed E-state index contributed by atoms with van der Waals surface area (Å²) in [7, 11) is 0. The summed E-state index contributed by atoms with van der Waals surface area (Å²) >= 11 is 0. The number of carbonyl (C=O) groups is 2. The van der Waals surface area contributed by atoms with Crippen LogP contribution in [0.5, 0.6) is 0 Å². The second-order valence-electron chi connectivity index (χ2n) is 4.85. The van der Waals surface area contributed by atoms with Crippen LogP contribution in [0.4, 0.5) is 11.4 Å². The average molecular weight is 261 g/mol. The Morgan fingerprint density at radius 2 is 2.11 bits per heavy atom. The fourth-order valence-electron chi connectivity index (χ4n) is 2.16. The minimum atomic E-state index is -0.121. The molecule has 2 rings (SSSR count). The quantitative estimate of drug-likeness (QED) is 0.774. The van der Waals surface area contributed by atoms with Crippen molar-refractivity contribution in [1.29, 1.82) is 0 Å². The maximum absolute atomic E-state index is 12.0. The molecular formula is C14H19N3O2. The molecule has 3 N–H and O–H groups in total. The van der Waals surface area contributed by atoms with Crippen LogP contribution in [-0.2, 0) is 9.59 Å². The highest BCUT2D eigenvalue weighted by molar-refractivity contribution is 5.96. The highest BCUT2D eigenvalue weighted by Crippen LogP contribution is 2.21. The van der Waals surface area contributed by atoms with Crippen molar-refractivity contribution in [3.05, 3.63) is 23.8 Å². The molecule has 19 heavy (non-hydrogen) atoms. The molecule has 0 aromatic heterocycles. The van der Waals surface area contributed by atoms with Gasteiger partial charge >= 0.3 is 0 Å². The lowest BCUT2D eigenvalue weighted by molar-refractivity contribution is -0.117.